The maximum Gasteiger partial charge on any atom is 0.249 e. The van der Waals surface area contributed by atoms with Crippen molar-refractivity contribution in [1.82, 2.24) is 10.2 Å². The standard InChI is InChI=1S/C15H24N2O3/c1-9-13(18)16-15(2,10-4-5-10)14(19)17(9)11-6-7-12(8-11)20-3/h9-12H,4-8H2,1-3H3,(H,16,18). The molecule has 0 aromatic heterocycles. The van der Waals surface area contributed by atoms with E-state index in [4.69, 9.17) is 4.74 Å². The van der Waals surface area contributed by atoms with Gasteiger partial charge in [-0.2, -0.15) is 0 Å². The van der Waals surface area contributed by atoms with Gasteiger partial charge >= 0.3 is 0 Å². The molecule has 4 unspecified atom stereocenters. The summed E-state index contributed by atoms with van der Waals surface area (Å²) in [5.41, 5.74) is -0.686. The lowest BCUT2D eigenvalue weighted by Crippen LogP contribution is -2.71. The molecule has 1 saturated heterocycles. The molecule has 0 spiro atoms. The first-order chi connectivity index (χ1) is 9.47. The molecule has 112 valence electrons. The predicted octanol–water partition coefficient (Wildman–Crippen LogP) is 1.07. The van der Waals surface area contributed by atoms with Crippen LogP contribution in [0.2, 0.25) is 0 Å². The smallest absolute Gasteiger partial charge is 0.249 e. The molecule has 0 aromatic carbocycles. The Bertz CT molecular complexity index is 435. The van der Waals surface area contributed by atoms with Crippen molar-refractivity contribution < 1.29 is 14.3 Å². The summed E-state index contributed by atoms with van der Waals surface area (Å²) in [6.45, 7) is 3.73. The number of amides is 2. The fourth-order valence-electron chi connectivity index (χ4n) is 3.79. The van der Waals surface area contributed by atoms with Crippen LogP contribution in [0.1, 0.15) is 46.0 Å². The van der Waals surface area contributed by atoms with E-state index in [1.807, 2.05) is 18.7 Å². The highest BCUT2D eigenvalue weighted by Gasteiger charge is 2.56. The highest BCUT2D eigenvalue weighted by molar-refractivity contribution is 6.00. The largest absolute Gasteiger partial charge is 0.381 e. The fraction of sp³-hybridized carbons (Fsp3) is 0.867. The number of hydrogen-bond acceptors (Lipinski definition) is 3. The second-order valence-electron chi connectivity index (χ2n) is 6.68. The Morgan fingerprint density at radius 2 is 1.95 bits per heavy atom. The Balaban J connectivity index is 1.83. The number of carbonyl (C=O) groups excluding carboxylic acids is 2. The third-order valence-electron chi connectivity index (χ3n) is 5.34. The zero-order valence-corrected chi connectivity index (χ0v) is 12.5. The molecule has 20 heavy (non-hydrogen) atoms. The first-order valence-corrected chi connectivity index (χ1v) is 7.65. The number of nitrogens with zero attached hydrogens (tertiary/aromatic N) is 1. The first-order valence-electron chi connectivity index (χ1n) is 7.65. The van der Waals surface area contributed by atoms with Crippen molar-refractivity contribution >= 4 is 11.8 Å². The summed E-state index contributed by atoms with van der Waals surface area (Å²) in [7, 11) is 1.72. The van der Waals surface area contributed by atoms with E-state index in [9.17, 15) is 9.59 Å². The lowest BCUT2D eigenvalue weighted by atomic mass is 9.88. The van der Waals surface area contributed by atoms with Crippen LogP contribution < -0.4 is 5.32 Å². The van der Waals surface area contributed by atoms with Crippen LogP contribution in [0.15, 0.2) is 0 Å². The number of nitrogens with one attached hydrogen (secondary N) is 1. The summed E-state index contributed by atoms with van der Waals surface area (Å²) in [6, 6.07) is -0.221. The minimum atomic E-state index is -0.686. The fourth-order valence-corrected chi connectivity index (χ4v) is 3.79. The average Bonchev–Trinajstić information content (AvgIpc) is 3.18. The molecule has 1 heterocycles. The van der Waals surface area contributed by atoms with Gasteiger partial charge in [-0.25, -0.2) is 0 Å². The molecule has 0 bridgehead atoms. The molecular weight excluding hydrogens is 256 g/mol. The summed E-state index contributed by atoms with van der Waals surface area (Å²) in [4.78, 5) is 27.0. The van der Waals surface area contributed by atoms with E-state index in [1.54, 1.807) is 7.11 Å². The van der Waals surface area contributed by atoms with Crippen LogP contribution in [-0.4, -0.2) is 47.6 Å². The SMILES string of the molecule is COC1CCC(N2C(=O)C(C)(C3CC3)NC(=O)C2C)C1. The molecule has 5 nitrogen and oxygen atoms in total. The number of rotatable bonds is 3. The summed E-state index contributed by atoms with van der Waals surface area (Å²) >= 11 is 0. The van der Waals surface area contributed by atoms with Gasteiger partial charge in [0.1, 0.15) is 11.6 Å². The van der Waals surface area contributed by atoms with E-state index >= 15 is 0 Å². The Morgan fingerprint density at radius 1 is 1.25 bits per heavy atom. The molecule has 2 aliphatic carbocycles. The van der Waals surface area contributed by atoms with Crippen LogP contribution in [0.25, 0.3) is 0 Å². The van der Waals surface area contributed by atoms with Crippen LogP contribution >= 0.6 is 0 Å². The van der Waals surface area contributed by atoms with Gasteiger partial charge in [-0.3, -0.25) is 9.59 Å². The molecule has 0 radical (unpaired) electrons. The van der Waals surface area contributed by atoms with Gasteiger partial charge in [-0.15, -0.1) is 0 Å². The lowest BCUT2D eigenvalue weighted by molar-refractivity contribution is -0.157. The Hall–Kier alpha value is -1.10. The maximum absolute atomic E-state index is 12.9. The molecule has 3 fully saturated rings. The Labute approximate surface area is 120 Å². The molecule has 3 aliphatic rings. The van der Waals surface area contributed by atoms with Crippen molar-refractivity contribution in [1.29, 1.82) is 0 Å². The third-order valence-corrected chi connectivity index (χ3v) is 5.34. The first kappa shape index (κ1) is 13.9. The van der Waals surface area contributed by atoms with E-state index in [-0.39, 0.29) is 30.0 Å². The molecule has 1 aliphatic heterocycles. The minimum Gasteiger partial charge on any atom is -0.381 e. The van der Waals surface area contributed by atoms with Crippen LogP contribution in [0.4, 0.5) is 0 Å². The number of methoxy groups -OCH3 is 1. The van der Waals surface area contributed by atoms with E-state index in [0.29, 0.717) is 5.92 Å². The molecule has 2 amide bonds. The number of piperazine rings is 1. The number of carbonyl (C=O) groups is 2. The van der Waals surface area contributed by atoms with Gasteiger partial charge in [0.15, 0.2) is 0 Å². The van der Waals surface area contributed by atoms with Crippen molar-refractivity contribution in [3.05, 3.63) is 0 Å². The predicted molar refractivity (Wildman–Crippen MR) is 74.0 cm³/mol. The summed E-state index contributed by atoms with van der Waals surface area (Å²) in [5.74, 6) is 0.405. The van der Waals surface area contributed by atoms with Gasteiger partial charge in [-0.05, 0) is 51.9 Å². The quantitative estimate of drug-likeness (QED) is 0.841. The lowest BCUT2D eigenvalue weighted by Gasteiger charge is -2.46. The highest BCUT2D eigenvalue weighted by Crippen LogP contribution is 2.43. The zero-order valence-electron chi connectivity index (χ0n) is 12.5. The van der Waals surface area contributed by atoms with Gasteiger partial charge < -0.3 is 15.0 Å². The summed E-state index contributed by atoms with van der Waals surface area (Å²) in [6.07, 6.45) is 5.05. The van der Waals surface area contributed by atoms with Gasteiger partial charge in [0.05, 0.1) is 6.10 Å². The Kier molecular flexibility index (Phi) is 3.27. The molecule has 4 atom stereocenters. The summed E-state index contributed by atoms with van der Waals surface area (Å²) in [5, 5.41) is 2.97. The molecular formula is C15H24N2O3. The van der Waals surface area contributed by atoms with Gasteiger partial charge in [0, 0.05) is 13.2 Å². The van der Waals surface area contributed by atoms with Crippen molar-refractivity contribution in [2.45, 2.75) is 69.7 Å². The minimum absolute atomic E-state index is 0.0140. The Morgan fingerprint density at radius 3 is 2.50 bits per heavy atom. The second kappa shape index (κ2) is 4.72. The number of hydrogen-bond donors (Lipinski definition) is 1. The molecule has 0 aromatic rings. The van der Waals surface area contributed by atoms with Crippen LogP contribution in [0.3, 0.4) is 0 Å². The van der Waals surface area contributed by atoms with Crippen molar-refractivity contribution in [3.8, 4) is 0 Å². The molecule has 5 heteroatoms. The topological polar surface area (TPSA) is 58.6 Å². The molecule has 2 saturated carbocycles. The van der Waals surface area contributed by atoms with Gasteiger partial charge in [0.2, 0.25) is 11.8 Å². The third kappa shape index (κ3) is 2.03. The van der Waals surface area contributed by atoms with Gasteiger partial charge in [-0.1, -0.05) is 0 Å². The van der Waals surface area contributed by atoms with Gasteiger partial charge in [0.25, 0.3) is 0 Å². The van der Waals surface area contributed by atoms with E-state index in [1.165, 1.54) is 0 Å². The monoisotopic (exact) mass is 280 g/mol. The normalized spacial score (nSPS) is 42.0. The second-order valence-corrected chi connectivity index (χ2v) is 6.68. The highest BCUT2D eigenvalue weighted by atomic mass is 16.5. The van der Waals surface area contributed by atoms with E-state index in [2.05, 4.69) is 5.32 Å². The van der Waals surface area contributed by atoms with Crippen LogP contribution in [-0.2, 0) is 14.3 Å². The average molecular weight is 280 g/mol. The molecule has 3 rings (SSSR count). The van der Waals surface area contributed by atoms with Crippen molar-refractivity contribution in [2.75, 3.05) is 7.11 Å². The zero-order chi connectivity index (χ0) is 14.5. The molecule has 1 N–H and O–H groups in total. The number of ether oxygens (including phenoxy) is 1. The maximum atomic E-state index is 12.9. The van der Waals surface area contributed by atoms with Crippen LogP contribution in [0.5, 0.6) is 0 Å². The van der Waals surface area contributed by atoms with Crippen LogP contribution in [0, 0.1) is 5.92 Å². The summed E-state index contributed by atoms with van der Waals surface area (Å²) < 4.78 is 5.40. The van der Waals surface area contributed by atoms with E-state index < -0.39 is 5.54 Å². The van der Waals surface area contributed by atoms with Crippen molar-refractivity contribution in [2.24, 2.45) is 5.92 Å². The van der Waals surface area contributed by atoms with Crippen molar-refractivity contribution in [3.63, 3.8) is 0 Å². The van der Waals surface area contributed by atoms with E-state index in [0.717, 1.165) is 32.1 Å².